The van der Waals surface area contributed by atoms with Crippen molar-refractivity contribution in [3.63, 3.8) is 0 Å². The van der Waals surface area contributed by atoms with E-state index in [0.717, 1.165) is 43.8 Å². The monoisotopic (exact) mass is 289 g/mol. The lowest BCUT2D eigenvalue weighted by molar-refractivity contribution is -0.116. The highest BCUT2D eigenvalue weighted by molar-refractivity contribution is 5.91. The van der Waals surface area contributed by atoms with Gasteiger partial charge in [0.1, 0.15) is 5.75 Å². The molecule has 1 unspecified atom stereocenters. The maximum atomic E-state index is 11.7. The molecule has 1 aliphatic heterocycles. The lowest BCUT2D eigenvalue weighted by Crippen LogP contribution is -2.30. The second kappa shape index (κ2) is 8.47. The first-order valence-electron chi connectivity index (χ1n) is 7.58. The first-order chi connectivity index (χ1) is 10.3. The first-order valence-corrected chi connectivity index (χ1v) is 7.58. The largest absolute Gasteiger partial charge is 0.494 e. The summed E-state index contributed by atoms with van der Waals surface area (Å²) in [6, 6.07) is 7.71. The van der Waals surface area contributed by atoms with Crippen molar-refractivity contribution in [2.45, 2.75) is 32.3 Å². The van der Waals surface area contributed by atoms with Crippen LogP contribution in [0.1, 0.15) is 31.7 Å². The molecule has 0 aliphatic carbocycles. The van der Waals surface area contributed by atoms with Crippen molar-refractivity contribution in [2.75, 3.05) is 19.8 Å². The van der Waals surface area contributed by atoms with Crippen molar-refractivity contribution in [1.82, 2.24) is 5.32 Å². The molecular weight excluding hydrogens is 266 g/mol. The minimum absolute atomic E-state index is 0.0863. The van der Waals surface area contributed by atoms with Crippen LogP contribution in [0.25, 0.3) is 6.08 Å². The van der Waals surface area contributed by atoms with Gasteiger partial charge in [-0.3, -0.25) is 4.79 Å². The highest BCUT2D eigenvalue weighted by Gasteiger charge is 2.15. The standard InChI is InChI=1S/C17H23NO3/c1-2-11-20-15-8-5-14(6-9-15)7-10-17(19)18-13-16-4-3-12-21-16/h5-10,16H,2-4,11-13H2,1H3,(H,18,19)/b10-7+. The molecule has 1 fully saturated rings. The fraction of sp³-hybridized carbons (Fsp3) is 0.471. The SMILES string of the molecule is CCCOc1ccc(/C=C/C(=O)NCC2CCCO2)cc1. The van der Waals surface area contributed by atoms with Crippen LogP contribution in [0, 0.1) is 0 Å². The van der Waals surface area contributed by atoms with Gasteiger partial charge in [-0.05, 0) is 43.0 Å². The molecule has 1 aromatic carbocycles. The lowest BCUT2D eigenvalue weighted by Gasteiger charge is -2.08. The molecule has 1 amide bonds. The fourth-order valence-electron chi connectivity index (χ4n) is 2.15. The van der Waals surface area contributed by atoms with Gasteiger partial charge in [0.2, 0.25) is 5.91 Å². The molecule has 1 aliphatic rings. The summed E-state index contributed by atoms with van der Waals surface area (Å²) in [6.45, 7) is 4.20. The zero-order chi connectivity index (χ0) is 14.9. The Kier molecular flexibility index (Phi) is 6.28. The molecule has 1 atom stereocenters. The molecular formula is C17H23NO3. The van der Waals surface area contributed by atoms with Crippen LogP contribution in [-0.2, 0) is 9.53 Å². The van der Waals surface area contributed by atoms with Gasteiger partial charge in [-0.2, -0.15) is 0 Å². The van der Waals surface area contributed by atoms with Crippen LogP contribution in [0.2, 0.25) is 0 Å². The summed E-state index contributed by atoms with van der Waals surface area (Å²) in [4.78, 5) is 11.7. The maximum Gasteiger partial charge on any atom is 0.244 e. The van der Waals surface area contributed by atoms with E-state index in [1.165, 1.54) is 0 Å². The van der Waals surface area contributed by atoms with Crippen LogP contribution in [0.4, 0.5) is 0 Å². The van der Waals surface area contributed by atoms with Gasteiger partial charge in [-0.1, -0.05) is 19.1 Å². The Hall–Kier alpha value is -1.81. The summed E-state index contributed by atoms with van der Waals surface area (Å²) in [5, 5.41) is 2.86. The van der Waals surface area contributed by atoms with Crippen molar-refractivity contribution >= 4 is 12.0 Å². The number of hydrogen-bond acceptors (Lipinski definition) is 3. The van der Waals surface area contributed by atoms with Gasteiger partial charge in [0.05, 0.1) is 12.7 Å². The summed E-state index contributed by atoms with van der Waals surface area (Å²) < 4.78 is 11.0. The van der Waals surface area contributed by atoms with Crippen LogP contribution in [0.5, 0.6) is 5.75 Å². The molecule has 1 saturated heterocycles. The molecule has 1 N–H and O–H groups in total. The molecule has 114 valence electrons. The van der Waals surface area contributed by atoms with Gasteiger partial charge < -0.3 is 14.8 Å². The van der Waals surface area contributed by atoms with Crippen LogP contribution < -0.4 is 10.1 Å². The predicted molar refractivity (Wildman–Crippen MR) is 83.2 cm³/mol. The maximum absolute atomic E-state index is 11.7. The summed E-state index contributed by atoms with van der Waals surface area (Å²) in [6.07, 6.45) is 6.64. The Bertz CT molecular complexity index is 461. The average Bonchev–Trinajstić information content (AvgIpc) is 3.03. The zero-order valence-electron chi connectivity index (χ0n) is 12.5. The Labute approximate surface area is 126 Å². The summed E-state index contributed by atoms with van der Waals surface area (Å²) in [5.41, 5.74) is 0.978. The number of ether oxygens (including phenoxy) is 2. The van der Waals surface area contributed by atoms with Crippen LogP contribution in [0.15, 0.2) is 30.3 Å². The molecule has 0 spiro atoms. The van der Waals surface area contributed by atoms with Crippen molar-refractivity contribution < 1.29 is 14.3 Å². The second-order valence-electron chi connectivity index (χ2n) is 5.13. The molecule has 1 aromatic rings. The quantitative estimate of drug-likeness (QED) is 0.785. The number of hydrogen-bond donors (Lipinski definition) is 1. The number of amides is 1. The van der Waals surface area contributed by atoms with Gasteiger partial charge in [0, 0.05) is 19.2 Å². The van der Waals surface area contributed by atoms with Gasteiger partial charge in [0.25, 0.3) is 0 Å². The Morgan fingerprint density at radius 3 is 2.90 bits per heavy atom. The molecule has 0 aromatic heterocycles. The van der Waals surface area contributed by atoms with Gasteiger partial charge in [-0.25, -0.2) is 0 Å². The summed E-state index contributed by atoms with van der Waals surface area (Å²) >= 11 is 0. The topological polar surface area (TPSA) is 47.6 Å². The molecule has 4 nitrogen and oxygen atoms in total. The van der Waals surface area contributed by atoms with Gasteiger partial charge in [-0.15, -0.1) is 0 Å². The molecule has 0 radical (unpaired) electrons. The third kappa shape index (κ3) is 5.60. The summed E-state index contributed by atoms with van der Waals surface area (Å²) in [5.74, 6) is 0.772. The van der Waals surface area contributed by atoms with Crippen molar-refractivity contribution in [1.29, 1.82) is 0 Å². The smallest absolute Gasteiger partial charge is 0.244 e. The third-order valence-corrected chi connectivity index (χ3v) is 3.31. The molecule has 0 saturated carbocycles. The summed E-state index contributed by atoms with van der Waals surface area (Å²) in [7, 11) is 0. The number of benzene rings is 1. The van der Waals surface area contributed by atoms with Gasteiger partial charge >= 0.3 is 0 Å². The number of nitrogens with one attached hydrogen (secondary N) is 1. The minimum atomic E-state index is -0.0863. The Morgan fingerprint density at radius 2 is 2.24 bits per heavy atom. The highest BCUT2D eigenvalue weighted by Crippen LogP contribution is 2.13. The van der Waals surface area contributed by atoms with E-state index in [4.69, 9.17) is 9.47 Å². The fourth-order valence-corrected chi connectivity index (χ4v) is 2.15. The van der Waals surface area contributed by atoms with E-state index in [9.17, 15) is 4.79 Å². The van der Waals surface area contributed by atoms with Crippen molar-refractivity contribution in [3.05, 3.63) is 35.9 Å². The van der Waals surface area contributed by atoms with Crippen LogP contribution in [-0.4, -0.2) is 31.8 Å². The van der Waals surface area contributed by atoms with Crippen LogP contribution >= 0.6 is 0 Å². The zero-order valence-corrected chi connectivity index (χ0v) is 12.5. The van der Waals surface area contributed by atoms with E-state index in [1.54, 1.807) is 12.2 Å². The Morgan fingerprint density at radius 1 is 1.43 bits per heavy atom. The second-order valence-corrected chi connectivity index (χ2v) is 5.13. The first kappa shape index (κ1) is 15.6. The van der Waals surface area contributed by atoms with E-state index in [1.807, 2.05) is 24.3 Å². The Balaban J connectivity index is 1.75. The van der Waals surface area contributed by atoms with E-state index in [2.05, 4.69) is 12.2 Å². The van der Waals surface area contributed by atoms with E-state index in [0.29, 0.717) is 6.54 Å². The molecule has 21 heavy (non-hydrogen) atoms. The molecule has 2 rings (SSSR count). The van der Waals surface area contributed by atoms with Crippen molar-refractivity contribution in [3.8, 4) is 5.75 Å². The van der Waals surface area contributed by atoms with Gasteiger partial charge in [0.15, 0.2) is 0 Å². The molecule has 0 bridgehead atoms. The van der Waals surface area contributed by atoms with E-state index < -0.39 is 0 Å². The van der Waals surface area contributed by atoms with Crippen molar-refractivity contribution in [2.24, 2.45) is 0 Å². The van der Waals surface area contributed by atoms with Crippen LogP contribution in [0.3, 0.4) is 0 Å². The third-order valence-electron chi connectivity index (χ3n) is 3.31. The minimum Gasteiger partial charge on any atom is -0.494 e. The number of carbonyl (C=O) groups excluding carboxylic acids is 1. The number of rotatable bonds is 7. The lowest BCUT2D eigenvalue weighted by atomic mass is 10.2. The number of carbonyl (C=O) groups is 1. The highest BCUT2D eigenvalue weighted by atomic mass is 16.5. The molecule has 4 heteroatoms. The van der Waals surface area contributed by atoms with E-state index in [-0.39, 0.29) is 12.0 Å². The average molecular weight is 289 g/mol. The predicted octanol–water partition coefficient (Wildman–Crippen LogP) is 2.78. The normalized spacial score (nSPS) is 18.0. The molecule has 1 heterocycles. The van der Waals surface area contributed by atoms with E-state index >= 15 is 0 Å².